The lowest BCUT2D eigenvalue weighted by molar-refractivity contribution is 0.00550. The summed E-state index contributed by atoms with van der Waals surface area (Å²) in [6.07, 6.45) is 3.02. The average molecular weight is 396 g/mol. The molecule has 2 aliphatic rings. The highest BCUT2D eigenvalue weighted by atomic mass is 16.5. The van der Waals surface area contributed by atoms with Gasteiger partial charge in [0.25, 0.3) is 0 Å². The highest BCUT2D eigenvalue weighted by Crippen LogP contribution is 2.39. The van der Waals surface area contributed by atoms with Gasteiger partial charge >= 0.3 is 6.03 Å². The number of carbonyl (C=O) groups is 1. The Bertz CT molecular complexity index is 796. The number of methoxy groups -OCH3 is 1. The second-order valence-corrected chi connectivity index (χ2v) is 7.47. The van der Waals surface area contributed by atoms with E-state index in [-0.39, 0.29) is 24.3 Å². The second kappa shape index (κ2) is 9.18. The zero-order valence-corrected chi connectivity index (χ0v) is 16.8. The van der Waals surface area contributed by atoms with E-state index in [9.17, 15) is 4.79 Å². The number of hydrogen-bond donors (Lipinski definition) is 1. The molecule has 0 spiro atoms. The van der Waals surface area contributed by atoms with Gasteiger partial charge in [-0.1, -0.05) is 30.3 Å². The van der Waals surface area contributed by atoms with Gasteiger partial charge in [-0.3, -0.25) is 0 Å². The van der Waals surface area contributed by atoms with Crippen molar-refractivity contribution in [3.8, 4) is 11.5 Å². The lowest BCUT2D eigenvalue weighted by Gasteiger charge is -2.36. The molecular formula is C23H28N2O4. The van der Waals surface area contributed by atoms with Crippen molar-refractivity contribution < 1.29 is 19.0 Å². The summed E-state index contributed by atoms with van der Waals surface area (Å²) in [5, 5.41) is 2.99. The highest BCUT2D eigenvalue weighted by molar-refractivity contribution is 5.74. The Kier molecular flexibility index (Phi) is 6.20. The summed E-state index contributed by atoms with van der Waals surface area (Å²) in [4.78, 5) is 14.7. The largest absolute Gasteiger partial charge is 0.497 e. The van der Waals surface area contributed by atoms with Crippen molar-refractivity contribution in [3.63, 3.8) is 0 Å². The summed E-state index contributed by atoms with van der Waals surface area (Å²) in [7, 11) is 1.63. The zero-order valence-electron chi connectivity index (χ0n) is 16.8. The summed E-state index contributed by atoms with van der Waals surface area (Å²) in [5.74, 6) is 1.55. The number of nitrogens with zero attached hydrogens (tertiary/aromatic N) is 1. The molecule has 4 rings (SSSR count). The average Bonchev–Trinajstić information content (AvgIpc) is 3.22. The molecule has 2 aromatic rings. The van der Waals surface area contributed by atoms with E-state index in [0.717, 1.165) is 37.3 Å². The van der Waals surface area contributed by atoms with E-state index in [1.165, 1.54) is 5.56 Å². The van der Waals surface area contributed by atoms with Gasteiger partial charge in [-0.2, -0.15) is 0 Å². The standard InChI is InChI=1S/C23H28N2O4/c1-27-18-9-11-19(12-10-18)28-15-13-24-23(26)25-14-5-8-21-20(25)16-22(29-21)17-6-3-2-4-7-17/h2-4,6-7,9-12,20-22H,5,8,13-16H2,1H3,(H,24,26)/t20-,21-,22-/m0/s1. The number of rotatable bonds is 6. The van der Waals surface area contributed by atoms with E-state index in [0.29, 0.717) is 13.2 Å². The number of hydrogen-bond acceptors (Lipinski definition) is 4. The summed E-state index contributed by atoms with van der Waals surface area (Å²) >= 11 is 0. The van der Waals surface area contributed by atoms with Crippen LogP contribution in [0.15, 0.2) is 54.6 Å². The van der Waals surface area contributed by atoms with E-state index in [4.69, 9.17) is 14.2 Å². The number of likely N-dealkylation sites (tertiary alicyclic amines) is 1. The molecule has 0 aromatic heterocycles. The van der Waals surface area contributed by atoms with Gasteiger partial charge < -0.3 is 24.4 Å². The van der Waals surface area contributed by atoms with Crippen LogP contribution in [0.1, 0.15) is 30.9 Å². The summed E-state index contributed by atoms with van der Waals surface area (Å²) in [6, 6.07) is 17.8. The Hall–Kier alpha value is -2.73. The summed E-state index contributed by atoms with van der Waals surface area (Å²) < 4.78 is 17.1. The van der Waals surface area contributed by atoms with Crippen molar-refractivity contribution >= 4 is 6.03 Å². The molecule has 2 aromatic carbocycles. The lowest BCUT2D eigenvalue weighted by Crippen LogP contribution is -2.52. The van der Waals surface area contributed by atoms with Gasteiger partial charge in [0.05, 0.1) is 31.9 Å². The van der Waals surface area contributed by atoms with Crippen molar-refractivity contribution in [2.24, 2.45) is 0 Å². The fourth-order valence-corrected chi connectivity index (χ4v) is 4.18. The molecule has 2 heterocycles. The monoisotopic (exact) mass is 396 g/mol. The van der Waals surface area contributed by atoms with Crippen molar-refractivity contribution in [3.05, 3.63) is 60.2 Å². The minimum absolute atomic E-state index is 0.0321. The molecule has 2 saturated heterocycles. The highest BCUT2D eigenvalue weighted by Gasteiger charge is 2.43. The van der Waals surface area contributed by atoms with Crippen molar-refractivity contribution in [1.29, 1.82) is 0 Å². The lowest BCUT2D eigenvalue weighted by atomic mass is 9.96. The molecule has 0 unspecified atom stereocenters. The molecule has 6 nitrogen and oxygen atoms in total. The molecular weight excluding hydrogens is 368 g/mol. The third-order valence-corrected chi connectivity index (χ3v) is 5.65. The first-order valence-electron chi connectivity index (χ1n) is 10.3. The topological polar surface area (TPSA) is 60.0 Å². The van der Waals surface area contributed by atoms with Gasteiger partial charge in [-0.25, -0.2) is 4.79 Å². The van der Waals surface area contributed by atoms with Crippen molar-refractivity contribution in [2.75, 3.05) is 26.8 Å². The number of ether oxygens (including phenoxy) is 3. The van der Waals surface area contributed by atoms with E-state index >= 15 is 0 Å². The van der Waals surface area contributed by atoms with Crippen LogP contribution in [0.2, 0.25) is 0 Å². The van der Waals surface area contributed by atoms with Gasteiger partial charge in [-0.15, -0.1) is 0 Å². The van der Waals surface area contributed by atoms with Crippen LogP contribution in [0.5, 0.6) is 11.5 Å². The van der Waals surface area contributed by atoms with Gasteiger partial charge in [-0.05, 0) is 42.7 Å². The first kappa shape index (κ1) is 19.6. The summed E-state index contributed by atoms with van der Waals surface area (Å²) in [5.41, 5.74) is 1.19. The van der Waals surface area contributed by atoms with Crippen LogP contribution >= 0.6 is 0 Å². The first-order chi connectivity index (χ1) is 14.2. The van der Waals surface area contributed by atoms with Crippen LogP contribution in [0, 0.1) is 0 Å². The maximum Gasteiger partial charge on any atom is 0.317 e. The second-order valence-electron chi connectivity index (χ2n) is 7.47. The quantitative estimate of drug-likeness (QED) is 0.755. The van der Waals surface area contributed by atoms with Crippen LogP contribution < -0.4 is 14.8 Å². The van der Waals surface area contributed by atoms with Gasteiger partial charge in [0, 0.05) is 13.0 Å². The van der Waals surface area contributed by atoms with E-state index < -0.39 is 0 Å². The molecule has 29 heavy (non-hydrogen) atoms. The minimum atomic E-state index is -0.0321. The Balaban J connectivity index is 1.27. The molecule has 154 valence electrons. The molecule has 6 heteroatoms. The SMILES string of the molecule is COc1ccc(OCCNC(=O)N2CCC[C@@H]3O[C@H](c4ccccc4)C[C@@H]32)cc1. The molecule has 1 N–H and O–H groups in total. The Morgan fingerprint density at radius 1 is 1.14 bits per heavy atom. The Morgan fingerprint density at radius 3 is 2.66 bits per heavy atom. The fraction of sp³-hybridized carbons (Fsp3) is 0.435. The molecule has 2 amide bonds. The molecule has 0 saturated carbocycles. The number of nitrogens with one attached hydrogen (secondary N) is 1. The molecule has 0 bridgehead atoms. The normalized spacial score (nSPS) is 23.3. The number of piperidine rings is 1. The van der Waals surface area contributed by atoms with Gasteiger partial charge in [0.1, 0.15) is 18.1 Å². The van der Waals surface area contributed by atoms with Crippen LogP contribution in [0.25, 0.3) is 0 Å². The number of carbonyl (C=O) groups excluding carboxylic acids is 1. The fourth-order valence-electron chi connectivity index (χ4n) is 4.18. The van der Waals surface area contributed by atoms with Gasteiger partial charge in [0.2, 0.25) is 0 Å². The van der Waals surface area contributed by atoms with Crippen LogP contribution in [-0.4, -0.2) is 49.9 Å². The maximum atomic E-state index is 12.8. The van der Waals surface area contributed by atoms with Crippen molar-refractivity contribution in [1.82, 2.24) is 10.2 Å². The van der Waals surface area contributed by atoms with Crippen molar-refractivity contribution in [2.45, 2.75) is 37.5 Å². The molecule has 2 aliphatic heterocycles. The van der Waals surface area contributed by atoms with E-state index in [1.54, 1.807) is 7.11 Å². The molecule has 0 radical (unpaired) electrons. The number of fused-ring (bicyclic) bond motifs is 1. The van der Waals surface area contributed by atoms with Gasteiger partial charge in [0.15, 0.2) is 0 Å². The molecule has 2 fully saturated rings. The van der Waals surface area contributed by atoms with Crippen LogP contribution in [0.4, 0.5) is 4.79 Å². The van der Waals surface area contributed by atoms with E-state index in [2.05, 4.69) is 17.4 Å². The number of urea groups is 1. The third-order valence-electron chi connectivity index (χ3n) is 5.65. The zero-order chi connectivity index (χ0) is 20.1. The first-order valence-corrected chi connectivity index (χ1v) is 10.3. The molecule has 3 atom stereocenters. The minimum Gasteiger partial charge on any atom is -0.497 e. The number of amides is 2. The molecule has 0 aliphatic carbocycles. The van der Waals surface area contributed by atoms with Crippen LogP contribution in [0.3, 0.4) is 0 Å². The number of benzene rings is 2. The predicted octanol–water partition coefficient (Wildman–Crippen LogP) is 3.78. The maximum absolute atomic E-state index is 12.8. The van der Waals surface area contributed by atoms with Crippen LogP contribution in [-0.2, 0) is 4.74 Å². The van der Waals surface area contributed by atoms with E-state index in [1.807, 2.05) is 47.4 Å². The smallest absolute Gasteiger partial charge is 0.317 e. The Labute approximate surface area is 171 Å². The predicted molar refractivity (Wildman–Crippen MR) is 110 cm³/mol. The third kappa shape index (κ3) is 4.65. The summed E-state index contributed by atoms with van der Waals surface area (Å²) in [6.45, 7) is 1.65. The Morgan fingerprint density at radius 2 is 1.90 bits per heavy atom.